The Kier molecular flexibility index (Phi) is 4.46. The maximum atomic E-state index is 12.2. The van der Waals surface area contributed by atoms with Gasteiger partial charge in [-0.1, -0.05) is 26.7 Å². The summed E-state index contributed by atoms with van der Waals surface area (Å²) >= 11 is 0. The normalized spacial score (nSPS) is 26.8. The molecule has 0 aromatic heterocycles. The van der Waals surface area contributed by atoms with E-state index in [0.29, 0.717) is 23.4 Å². The van der Waals surface area contributed by atoms with E-state index in [4.69, 9.17) is 4.74 Å². The molecule has 1 aromatic rings. The molecule has 1 amide bonds. The molecule has 0 heterocycles. The van der Waals surface area contributed by atoms with E-state index in [1.54, 1.807) is 7.11 Å². The molecule has 2 rings (SSSR count). The van der Waals surface area contributed by atoms with Crippen LogP contribution >= 0.6 is 0 Å². The Bertz CT molecular complexity index is 427. The van der Waals surface area contributed by atoms with Crippen molar-refractivity contribution >= 4 is 5.91 Å². The lowest BCUT2D eigenvalue weighted by Crippen LogP contribution is -2.43. The molecule has 3 atom stereocenters. The lowest BCUT2D eigenvalue weighted by atomic mass is 9.78. The van der Waals surface area contributed by atoms with E-state index < -0.39 is 0 Å². The summed E-state index contributed by atoms with van der Waals surface area (Å²) in [5.74, 6) is 2.04. The number of methoxy groups -OCH3 is 1. The first-order valence-corrected chi connectivity index (χ1v) is 7.06. The molecule has 1 fully saturated rings. The maximum Gasteiger partial charge on any atom is 0.251 e. The Labute approximate surface area is 115 Å². The van der Waals surface area contributed by atoms with E-state index in [0.717, 1.165) is 12.2 Å². The van der Waals surface area contributed by atoms with E-state index in [9.17, 15) is 4.79 Å². The van der Waals surface area contributed by atoms with Gasteiger partial charge in [0, 0.05) is 11.6 Å². The summed E-state index contributed by atoms with van der Waals surface area (Å²) in [5, 5.41) is 3.17. The van der Waals surface area contributed by atoms with Crippen molar-refractivity contribution in [2.75, 3.05) is 7.11 Å². The number of benzene rings is 1. The predicted molar refractivity (Wildman–Crippen MR) is 76.4 cm³/mol. The van der Waals surface area contributed by atoms with Crippen LogP contribution < -0.4 is 10.1 Å². The topological polar surface area (TPSA) is 38.3 Å². The Morgan fingerprint density at radius 1 is 1.21 bits per heavy atom. The molecule has 104 valence electrons. The summed E-state index contributed by atoms with van der Waals surface area (Å²) < 4.78 is 5.10. The van der Waals surface area contributed by atoms with Crippen molar-refractivity contribution in [3.8, 4) is 5.75 Å². The molecule has 1 N–H and O–H groups in total. The maximum absolute atomic E-state index is 12.2. The lowest BCUT2D eigenvalue weighted by Gasteiger charge is -2.34. The van der Waals surface area contributed by atoms with Gasteiger partial charge in [0.25, 0.3) is 5.91 Å². The van der Waals surface area contributed by atoms with E-state index >= 15 is 0 Å². The van der Waals surface area contributed by atoms with Gasteiger partial charge in [-0.05, 0) is 42.5 Å². The zero-order chi connectivity index (χ0) is 13.8. The van der Waals surface area contributed by atoms with Gasteiger partial charge in [-0.15, -0.1) is 0 Å². The second kappa shape index (κ2) is 6.09. The number of carbonyl (C=O) groups is 1. The van der Waals surface area contributed by atoms with Gasteiger partial charge in [-0.2, -0.15) is 0 Å². The number of amides is 1. The van der Waals surface area contributed by atoms with Crippen LogP contribution in [0, 0.1) is 11.8 Å². The van der Waals surface area contributed by atoms with Crippen molar-refractivity contribution in [1.29, 1.82) is 0 Å². The minimum atomic E-state index is 0.0219. The Morgan fingerprint density at radius 2 is 1.89 bits per heavy atom. The van der Waals surface area contributed by atoms with Gasteiger partial charge in [0.2, 0.25) is 0 Å². The highest BCUT2D eigenvalue weighted by Crippen LogP contribution is 2.29. The van der Waals surface area contributed by atoms with Crippen molar-refractivity contribution in [2.45, 2.75) is 39.2 Å². The average Bonchev–Trinajstić information content (AvgIpc) is 2.44. The average molecular weight is 261 g/mol. The minimum absolute atomic E-state index is 0.0219. The summed E-state index contributed by atoms with van der Waals surface area (Å²) in [6.45, 7) is 4.51. The third kappa shape index (κ3) is 3.28. The van der Waals surface area contributed by atoms with Crippen molar-refractivity contribution in [2.24, 2.45) is 11.8 Å². The zero-order valence-corrected chi connectivity index (χ0v) is 12.0. The van der Waals surface area contributed by atoms with Crippen LogP contribution in [0.15, 0.2) is 24.3 Å². The van der Waals surface area contributed by atoms with Gasteiger partial charge in [0.15, 0.2) is 0 Å². The molecule has 0 spiro atoms. The van der Waals surface area contributed by atoms with Crippen LogP contribution in [0.3, 0.4) is 0 Å². The smallest absolute Gasteiger partial charge is 0.251 e. The molecule has 3 nitrogen and oxygen atoms in total. The first kappa shape index (κ1) is 13.9. The molecule has 0 saturated heterocycles. The van der Waals surface area contributed by atoms with E-state index in [1.807, 2.05) is 24.3 Å². The molecule has 19 heavy (non-hydrogen) atoms. The number of hydrogen-bond donors (Lipinski definition) is 1. The molecule has 0 bridgehead atoms. The number of ether oxygens (including phenoxy) is 1. The minimum Gasteiger partial charge on any atom is -0.497 e. The predicted octanol–water partition coefficient (Wildman–Crippen LogP) is 3.25. The van der Waals surface area contributed by atoms with Crippen molar-refractivity contribution in [3.63, 3.8) is 0 Å². The number of hydrogen-bond acceptors (Lipinski definition) is 2. The monoisotopic (exact) mass is 261 g/mol. The van der Waals surface area contributed by atoms with Crippen molar-refractivity contribution < 1.29 is 9.53 Å². The lowest BCUT2D eigenvalue weighted by molar-refractivity contribution is 0.0891. The highest BCUT2D eigenvalue weighted by atomic mass is 16.5. The molecule has 1 aliphatic rings. The summed E-state index contributed by atoms with van der Waals surface area (Å²) in [4.78, 5) is 12.2. The molecule has 1 saturated carbocycles. The Hall–Kier alpha value is -1.51. The third-order valence-electron chi connectivity index (χ3n) is 4.38. The summed E-state index contributed by atoms with van der Waals surface area (Å²) in [7, 11) is 1.63. The molecule has 0 unspecified atom stereocenters. The largest absolute Gasteiger partial charge is 0.497 e. The van der Waals surface area contributed by atoms with Crippen molar-refractivity contribution in [3.05, 3.63) is 29.8 Å². The second-order valence-electron chi connectivity index (χ2n) is 5.58. The number of nitrogens with one attached hydrogen (secondary N) is 1. The van der Waals surface area contributed by atoms with Crippen LogP contribution in [-0.2, 0) is 0 Å². The fourth-order valence-electron chi connectivity index (χ4n) is 2.78. The van der Waals surface area contributed by atoms with Crippen LogP contribution in [0.25, 0.3) is 0 Å². The fraction of sp³-hybridized carbons (Fsp3) is 0.562. The Morgan fingerprint density at radius 3 is 2.53 bits per heavy atom. The molecular formula is C16H23NO2. The SMILES string of the molecule is COc1ccc(C(=O)N[C@@H]2CCC[C@@H](C)[C@H]2C)cc1. The molecular weight excluding hydrogens is 238 g/mol. The molecule has 0 aliphatic heterocycles. The fourth-order valence-corrected chi connectivity index (χ4v) is 2.78. The number of carbonyl (C=O) groups excluding carboxylic acids is 1. The quantitative estimate of drug-likeness (QED) is 0.907. The van der Waals surface area contributed by atoms with Gasteiger partial charge >= 0.3 is 0 Å². The van der Waals surface area contributed by atoms with Gasteiger partial charge in [-0.25, -0.2) is 0 Å². The zero-order valence-electron chi connectivity index (χ0n) is 12.0. The van der Waals surface area contributed by atoms with Crippen molar-refractivity contribution in [1.82, 2.24) is 5.32 Å². The van der Waals surface area contributed by atoms with E-state index in [2.05, 4.69) is 19.2 Å². The van der Waals surface area contributed by atoms with Crippen LogP contribution in [0.5, 0.6) is 5.75 Å². The number of rotatable bonds is 3. The third-order valence-corrected chi connectivity index (χ3v) is 4.38. The summed E-state index contributed by atoms with van der Waals surface area (Å²) in [6, 6.07) is 7.57. The second-order valence-corrected chi connectivity index (χ2v) is 5.58. The highest BCUT2D eigenvalue weighted by Gasteiger charge is 2.28. The van der Waals surface area contributed by atoms with Gasteiger partial charge in [-0.3, -0.25) is 4.79 Å². The van der Waals surface area contributed by atoms with E-state index in [-0.39, 0.29) is 5.91 Å². The summed E-state index contributed by atoms with van der Waals surface area (Å²) in [6.07, 6.45) is 3.57. The highest BCUT2D eigenvalue weighted by molar-refractivity contribution is 5.94. The van der Waals surface area contributed by atoms with Gasteiger partial charge in [0.05, 0.1) is 7.11 Å². The first-order valence-electron chi connectivity index (χ1n) is 7.06. The molecule has 1 aromatic carbocycles. The first-order chi connectivity index (χ1) is 9.11. The summed E-state index contributed by atoms with van der Waals surface area (Å²) in [5.41, 5.74) is 0.700. The Balaban J connectivity index is 1.99. The van der Waals surface area contributed by atoms with Gasteiger partial charge < -0.3 is 10.1 Å². The van der Waals surface area contributed by atoms with Crippen LogP contribution in [0.2, 0.25) is 0 Å². The van der Waals surface area contributed by atoms with Crippen LogP contribution in [0.4, 0.5) is 0 Å². The standard InChI is InChI=1S/C16H23NO2/c1-11-5-4-6-15(12(11)2)17-16(18)13-7-9-14(19-3)10-8-13/h7-12,15H,4-6H2,1-3H3,(H,17,18)/t11-,12-,15-/m1/s1. The molecule has 0 radical (unpaired) electrons. The molecule has 3 heteroatoms. The van der Waals surface area contributed by atoms with Gasteiger partial charge in [0.1, 0.15) is 5.75 Å². The van der Waals surface area contributed by atoms with Crippen LogP contribution in [-0.4, -0.2) is 19.1 Å². The van der Waals surface area contributed by atoms with E-state index in [1.165, 1.54) is 12.8 Å². The molecule has 1 aliphatic carbocycles. The van der Waals surface area contributed by atoms with Crippen LogP contribution in [0.1, 0.15) is 43.5 Å².